The van der Waals surface area contributed by atoms with Crippen molar-refractivity contribution in [2.24, 2.45) is 5.73 Å². The first-order valence-electron chi connectivity index (χ1n) is 6.87. The zero-order chi connectivity index (χ0) is 16.2. The van der Waals surface area contributed by atoms with Gasteiger partial charge in [0.15, 0.2) is 0 Å². The van der Waals surface area contributed by atoms with Crippen LogP contribution in [0.4, 0.5) is 10.5 Å². The van der Waals surface area contributed by atoms with Gasteiger partial charge in [-0.3, -0.25) is 4.79 Å². The van der Waals surface area contributed by atoms with Gasteiger partial charge in [0, 0.05) is 28.1 Å². The predicted molar refractivity (Wildman–Crippen MR) is 89.3 cm³/mol. The summed E-state index contributed by atoms with van der Waals surface area (Å²) in [5, 5.41) is 7.41. The molecule has 0 unspecified atom stereocenters. The molecule has 5 nitrogen and oxygen atoms in total. The number of benzene rings is 1. The van der Waals surface area contributed by atoms with E-state index < -0.39 is 6.03 Å². The third kappa shape index (κ3) is 4.08. The van der Waals surface area contributed by atoms with Crippen LogP contribution in [0.5, 0.6) is 0 Å². The Hall–Kier alpha value is -2.34. The van der Waals surface area contributed by atoms with Gasteiger partial charge in [0.2, 0.25) is 0 Å². The Bertz CT molecular complexity index is 666. The van der Waals surface area contributed by atoms with E-state index >= 15 is 0 Å². The maximum atomic E-state index is 12.2. The van der Waals surface area contributed by atoms with Crippen LogP contribution in [0.15, 0.2) is 41.8 Å². The quantitative estimate of drug-likeness (QED) is 0.792. The fourth-order valence-corrected chi connectivity index (χ4v) is 2.89. The van der Waals surface area contributed by atoms with Crippen LogP contribution in [0.3, 0.4) is 0 Å². The minimum atomic E-state index is -0.656. The van der Waals surface area contributed by atoms with Gasteiger partial charge in [0.1, 0.15) is 0 Å². The van der Waals surface area contributed by atoms with Gasteiger partial charge >= 0.3 is 6.03 Å². The number of hydrogen-bond acceptors (Lipinski definition) is 3. The summed E-state index contributed by atoms with van der Waals surface area (Å²) in [5.74, 6) is -0.183. The highest BCUT2D eigenvalue weighted by Crippen LogP contribution is 2.26. The number of carbonyl (C=O) groups excluding carboxylic acids is 2. The Morgan fingerprint density at radius 1 is 1.23 bits per heavy atom. The number of primary amides is 1. The van der Waals surface area contributed by atoms with Gasteiger partial charge in [0.05, 0.1) is 0 Å². The summed E-state index contributed by atoms with van der Waals surface area (Å²) in [7, 11) is 0. The molecule has 0 radical (unpaired) electrons. The number of anilines is 1. The van der Waals surface area contributed by atoms with E-state index in [9.17, 15) is 9.59 Å². The molecule has 4 N–H and O–H groups in total. The van der Waals surface area contributed by atoms with E-state index in [1.165, 1.54) is 4.88 Å². The highest BCUT2D eigenvalue weighted by Gasteiger charge is 2.22. The summed E-state index contributed by atoms with van der Waals surface area (Å²) in [6, 6.07) is 10.1. The number of nitrogens with one attached hydrogen (secondary N) is 2. The van der Waals surface area contributed by atoms with Gasteiger partial charge in [-0.15, -0.1) is 11.3 Å². The van der Waals surface area contributed by atoms with Crippen LogP contribution in [-0.2, 0) is 5.41 Å². The first-order chi connectivity index (χ1) is 10.4. The molecule has 0 bridgehead atoms. The van der Waals surface area contributed by atoms with E-state index in [4.69, 9.17) is 5.73 Å². The van der Waals surface area contributed by atoms with Crippen molar-refractivity contribution in [3.8, 4) is 0 Å². The summed E-state index contributed by atoms with van der Waals surface area (Å²) in [6.07, 6.45) is 0. The first kappa shape index (κ1) is 16.0. The predicted octanol–water partition coefficient (Wildman–Crippen LogP) is 2.95. The monoisotopic (exact) mass is 317 g/mol. The number of urea groups is 1. The van der Waals surface area contributed by atoms with Crippen molar-refractivity contribution in [1.29, 1.82) is 0 Å². The number of nitrogens with two attached hydrogens (primary N) is 1. The van der Waals surface area contributed by atoms with Crippen molar-refractivity contribution in [1.82, 2.24) is 5.32 Å². The SMILES string of the molecule is CC(C)(CNC(=O)c1cccc(NC(N)=O)c1)c1cccs1. The molecule has 0 aliphatic rings. The zero-order valence-electron chi connectivity index (χ0n) is 12.6. The first-order valence-corrected chi connectivity index (χ1v) is 7.75. The minimum absolute atomic E-state index is 0.132. The van der Waals surface area contributed by atoms with E-state index in [0.29, 0.717) is 17.8 Å². The lowest BCUT2D eigenvalue weighted by Gasteiger charge is -2.23. The van der Waals surface area contributed by atoms with Gasteiger partial charge in [-0.25, -0.2) is 4.79 Å². The molecular weight excluding hydrogens is 298 g/mol. The minimum Gasteiger partial charge on any atom is -0.351 e. The third-order valence-electron chi connectivity index (χ3n) is 3.27. The van der Waals surface area contributed by atoms with Gasteiger partial charge in [-0.2, -0.15) is 0 Å². The molecule has 2 aromatic rings. The molecule has 2 rings (SSSR count). The topological polar surface area (TPSA) is 84.2 Å². The van der Waals surface area contributed by atoms with Gasteiger partial charge in [0.25, 0.3) is 5.91 Å². The van der Waals surface area contributed by atoms with Crippen LogP contribution >= 0.6 is 11.3 Å². The van der Waals surface area contributed by atoms with Crippen LogP contribution in [-0.4, -0.2) is 18.5 Å². The fourth-order valence-electron chi connectivity index (χ4n) is 2.03. The van der Waals surface area contributed by atoms with Crippen LogP contribution in [0.1, 0.15) is 29.1 Å². The summed E-state index contributed by atoms with van der Waals surface area (Å²) in [6.45, 7) is 4.70. The van der Waals surface area contributed by atoms with E-state index in [1.807, 2.05) is 11.4 Å². The van der Waals surface area contributed by atoms with E-state index in [-0.39, 0.29) is 11.3 Å². The van der Waals surface area contributed by atoms with Crippen LogP contribution in [0, 0.1) is 0 Å². The molecule has 1 aromatic heterocycles. The summed E-state index contributed by atoms with van der Waals surface area (Å²) in [4.78, 5) is 24.3. The molecule has 0 aliphatic heterocycles. The average Bonchev–Trinajstić information content (AvgIpc) is 2.99. The second-order valence-corrected chi connectivity index (χ2v) is 6.56. The van der Waals surface area contributed by atoms with Crippen molar-refractivity contribution in [2.75, 3.05) is 11.9 Å². The lowest BCUT2D eigenvalue weighted by molar-refractivity contribution is 0.0946. The van der Waals surface area contributed by atoms with E-state index in [2.05, 4.69) is 30.5 Å². The summed E-state index contributed by atoms with van der Waals surface area (Å²) in [5.41, 5.74) is 5.92. The van der Waals surface area contributed by atoms with Crippen molar-refractivity contribution in [3.05, 3.63) is 52.2 Å². The fraction of sp³-hybridized carbons (Fsp3) is 0.250. The lowest BCUT2D eigenvalue weighted by Crippen LogP contribution is -2.36. The molecule has 0 aliphatic carbocycles. The normalized spacial score (nSPS) is 11.0. The third-order valence-corrected chi connectivity index (χ3v) is 4.51. The molecular formula is C16H19N3O2S. The van der Waals surface area contributed by atoms with Gasteiger partial charge < -0.3 is 16.4 Å². The van der Waals surface area contributed by atoms with Gasteiger partial charge in [-0.1, -0.05) is 26.0 Å². The van der Waals surface area contributed by atoms with Crippen molar-refractivity contribution in [3.63, 3.8) is 0 Å². The highest BCUT2D eigenvalue weighted by atomic mass is 32.1. The second-order valence-electron chi connectivity index (χ2n) is 5.61. The summed E-state index contributed by atoms with van der Waals surface area (Å²) < 4.78 is 0. The number of thiophene rings is 1. The number of rotatable bonds is 5. The number of amides is 3. The standard InChI is InChI=1S/C16H19N3O2S/c1-16(2,13-7-4-8-22-13)10-18-14(20)11-5-3-6-12(9-11)19-15(17)21/h3-9H,10H2,1-2H3,(H,18,20)(H3,17,19,21). The van der Waals surface area contributed by atoms with Gasteiger partial charge in [-0.05, 0) is 29.6 Å². The maximum absolute atomic E-state index is 12.2. The van der Waals surface area contributed by atoms with E-state index in [0.717, 1.165) is 0 Å². The molecule has 1 aromatic carbocycles. The van der Waals surface area contributed by atoms with Crippen LogP contribution in [0.25, 0.3) is 0 Å². The smallest absolute Gasteiger partial charge is 0.316 e. The molecule has 0 atom stereocenters. The molecule has 0 fully saturated rings. The molecule has 0 saturated carbocycles. The lowest BCUT2D eigenvalue weighted by atomic mass is 9.91. The maximum Gasteiger partial charge on any atom is 0.316 e. The Labute approximate surface area is 133 Å². The second kappa shape index (κ2) is 6.62. The molecule has 3 amide bonds. The van der Waals surface area contributed by atoms with Crippen LogP contribution in [0.2, 0.25) is 0 Å². The van der Waals surface area contributed by atoms with Crippen molar-refractivity contribution >= 4 is 29.0 Å². The zero-order valence-corrected chi connectivity index (χ0v) is 13.4. The van der Waals surface area contributed by atoms with Crippen molar-refractivity contribution in [2.45, 2.75) is 19.3 Å². The molecule has 0 saturated heterocycles. The number of hydrogen-bond donors (Lipinski definition) is 3. The molecule has 0 spiro atoms. The molecule has 1 heterocycles. The summed E-state index contributed by atoms with van der Waals surface area (Å²) >= 11 is 1.67. The Morgan fingerprint density at radius 2 is 2.00 bits per heavy atom. The molecule has 22 heavy (non-hydrogen) atoms. The largest absolute Gasteiger partial charge is 0.351 e. The molecule has 116 valence electrons. The molecule has 6 heteroatoms. The Balaban J connectivity index is 2.02. The number of carbonyl (C=O) groups is 2. The highest BCUT2D eigenvalue weighted by molar-refractivity contribution is 7.10. The Kier molecular flexibility index (Phi) is 4.82. The van der Waals surface area contributed by atoms with Crippen LogP contribution < -0.4 is 16.4 Å². The average molecular weight is 317 g/mol. The Morgan fingerprint density at radius 3 is 2.64 bits per heavy atom. The van der Waals surface area contributed by atoms with E-state index in [1.54, 1.807) is 35.6 Å². The van der Waals surface area contributed by atoms with Crippen molar-refractivity contribution < 1.29 is 9.59 Å².